The summed E-state index contributed by atoms with van der Waals surface area (Å²) >= 11 is 1.35. The van der Waals surface area contributed by atoms with E-state index in [4.69, 9.17) is 5.41 Å². The molecule has 1 aromatic carbocycles. The minimum absolute atomic E-state index is 0.110. The van der Waals surface area contributed by atoms with Crippen LogP contribution in [0, 0.1) is 12.3 Å². The van der Waals surface area contributed by atoms with Gasteiger partial charge in [0.15, 0.2) is 5.49 Å². The van der Waals surface area contributed by atoms with Crippen LogP contribution in [0.25, 0.3) is 28.2 Å². The maximum Gasteiger partial charge on any atom is 0.283 e. The number of H-pyrrole nitrogens is 2. The molecule has 0 amide bonds. The molecule has 0 aliphatic carbocycles. The SMILES string of the molecule is CC=c1[nH]n2c(=N)/c(=C/c3c(C)[nH]c4ccccc34)c(=O)nc-2s1. The van der Waals surface area contributed by atoms with E-state index < -0.39 is 0 Å². The highest BCUT2D eigenvalue weighted by atomic mass is 32.1. The Bertz CT molecular complexity index is 1270. The van der Waals surface area contributed by atoms with Gasteiger partial charge in [0.1, 0.15) is 4.66 Å². The highest BCUT2D eigenvalue weighted by Crippen LogP contribution is 2.21. The highest BCUT2D eigenvalue weighted by Gasteiger charge is 2.11. The van der Waals surface area contributed by atoms with Crippen LogP contribution in [0.15, 0.2) is 29.1 Å². The van der Waals surface area contributed by atoms with Gasteiger partial charge in [0.05, 0.1) is 5.22 Å². The Morgan fingerprint density at radius 1 is 1.33 bits per heavy atom. The van der Waals surface area contributed by atoms with Crippen LogP contribution in [0.4, 0.5) is 0 Å². The van der Waals surface area contributed by atoms with Crippen molar-refractivity contribution in [3.63, 3.8) is 0 Å². The average molecular weight is 337 g/mol. The predicted octanol–water partition coefficient (Wildman–Crippen LogP) is 0.958. The number of aromatic nitrogens is 4. The van der Waals surface area contributed by atoms with Crippen molar-refractivity contribution in [2.75, 3.05) is 0 Å². The van der Waals surface area contributed by atoms with E-state index in [-0.39, 0.29) is 16.3 Å². The zero-order chi connectivity index (χ0) is 16.8. The third-order valence-electron chi connectivity index (χ3n) is 4.02. The van der Waals surface area contributed by atoms with Crippen LogP contribution < -0.4 is 20.9 Å². The summed E-state index contributed by atoms with van der Waals surface area (Å²) in [4.78, 5) is 19.8. The number of fused-ring (bicyclic) bond motifs is 2. The lowest BCUT2D eigenvalue weighted by Crippen LogP contribution is -2.47. The summed E-state index contributed by atoms with van der Waals surface area (Å²) in [7, 11) is 0. The van der Waals surface area contributed by atoms with E-state index in [1.54, 1.807) is 6.08 Å². The molecule has 3 heterocycles. The number of aryl methyl sites for hydroxylation is 1. The number of hydrogen-bond acceptors (Lipinski definition) is 4. The Balaban J connectivity index is 2.11. The molecular formula is C17H15N5OS. The van der Waals surface area contributed by atoms with Gasteiger partial charge in [-0.3, -0.25) is 15.3 Å². The van der Waals surface area contributed by atoms with E-state index in [1.165, 1.54) is 16.0 Å². The normalized spacial score (nSPS) is 13.4. The molecule has 0 atom stereocenters. The number of nitrogens with one attached hydrogen (secondary N) is 3. The molecule has 3 N–H and O–H groups in total. The van der Waals surface area contributed by atoms with Gasteiger partial charge in [-0.2, -0.15) is 4.98 Å². The van der Waals surface area contributed by atoms with Gasteiger partial charge in [-0.15, -0.1) is 0 Å². The van der Waals surface area contributed by atoms with E-state index in [0.717, 1.165) is 26.8 Å². The van der Waals surface area contributed by atoms with Crippen LogP contribution in [0.1, 0.15) is 18.2 Å². The topological polar surface area (TPSA) is 90.3 Å². The quantitative estimate of drug-likeness (QED) is 0.483. The zero-order valence-corrected chi connectivity index (χ0v) is 14.0. The molecule has 0 saturated heterocycles. The summed E-state index contributed by atoms with van der Waals surface area (Å²) in [6.45, 7) is 3.85. The largest absolute Gasteiger partial charge is 0.358 e. The Morgan fingerprint density at radius 2 is 2.12 bits per heavy atom. The molecule has 120 valence electrons. The molecule has 7 heteroatoms. The van der Waals surface area contributed by atoms with Crippen molar-refractivity contribution in [2.24, 2.45) is 0 Å². The second-order valence-corrected chi connectivity index (χ2v) is 6.53. The summed E-state index contributed by atoms with van der Waals surface area (Å²) in [5.74, 6) is 0. The van der Waals surface area contributed by atoms with Crippen molar-refractivity contribution in [3.8, 4) is 5.13 Å². The fourth-order valence-corrected chi connectivity index (χ4v) is 3.61. The lowest BCUT2D eigenvalue weighted by molar-refractivity contribution is 0.750. The molecule has 4 rings (SSSR count). The number of benzene rings is 1. The smallest absolute Gasteiger partial charge is 0.283 e. The summed E-state index contributed by atoms with van der Waals surface area (Å²) in [6, 6.07) is 7.91. The highest BCUT2D eigenvalue weighted by molar-refractivity contribution is 7.11. The number of aromatic amines is 2. The summed E-state index contributed by atoms with van der Waals surface area (Å²) in [6.07, 6.45) is 3.63. The van der Waals surface area contributed by atoms with Crippen LogP contribution in [-0.4, -0.2) is 19.7 Å². The first-order chi connectivity index (χ1) is 11.6. The van der Waals surface area contributed by atoms with Crippen LogP contribution in [0.2, 0.25) is 0 Å². The van der Waals surface area contributed by atoms with Crippen molar-refractivity contribution in [1.82, 2.24) is 19.7 Å². The Morgan fingerprint density at radius 3 is 2.92 bits per heavy atom. The van der Waals surface area contributed by atoms with E-state index in [9.17, 15) is 4.79 Å². The molecule has 2 aromatic rings. The van der Waals surface area contributed by atoms with E-state index in [2.05, 4.69) is 15.1 Å². The van der Waals surface area contributed by atoms with Crippen LogP contribution in [0.5, 0.6) is 0 Å². The third-order valence-corrected chi connectivity index (χ3v) is 5.02. The van der Waals surface area contributed by atoms with E-state index >= 15 is 0 Å². The molecule has 6 nitrogen and oxygen atoms in total. The predicted molar refractivity (Wildman–Crippen MR) is 95.1 cm³/mol. The molecule has 0 fully saturated rings. The summed E-state index contributed by atoms with van der Waals surface area (Å²) in [5, 5.41) is 13.3. The van der Waals surface area contributed by atoms with Crippen molar-refractivity contribution in [1.29, 1.82) is 5.41 Å². The van der Waals surface area contributed by atoms with Gasteiger partial charge in [-0.1, -0.05) is 35.6 Å². The second kappa shape index (κ2) is 5.31. The molecule has 2 aliphatic rings. The van der Waals surface area contributed by atoms with Crippen LogP contribution in [-0.2, 0) is 0 Å². The maximum atomic E-state index is 12.4. The molecule has 2 aliphatic heterocycles. The minimum atomic E-state index is -0.386. The zero-order valence-electron chi connectivity index (χ0n) is 13.2. The lowest BCUT2D eigenvalue weighted by Gasteiger charge is -2.00. The number of para-hydroxylation sites is 1. The first kappa shape index (κ1) is 14.6. The van der Waals surface area contributed by atoms with Crippen LogP contribution >= 0.6 is 11.3 Å². The molecule has 1 aromatic heterocycles. The monoisotopic (exact) mass is 337 g/mol. The third kappa shape index (κ3) is 2.13. The molecule has 0 unspecified atom stereocenters. The Hall–Kier alpha value is -2.93. The fourth-order valence-electron chi connectivity index (χ4n) is 2.80. The average Bonchev–Trinajstić information content (AvgIpc) is 3.12. The van der Waals surface area contributed by atoms with E-state index in [1.807, 2.05) is 44.2 Å². The standard InChI is InChI=1S/C17H15N5OS/c1-3-14-21-22-15(18)12(16(23)20-17(22)24-14)8-11-9(2)19-13-7-5-4-6-10(11)13/h3-8,18-19,21H,1-2H3/b12-8-,14-3?,18-15?. The van der Waals surface area contributed by atoms with Crippen LogP contribution in [0.3, 0.4) is 0 Å². The van der Waals surface area contributed by atoms with Gasteiger partial charge in [0.2, 0.25) is 5.13 Å². The first-order valence-corrected chi connectivity index (χ1v) is 8.32. The van der Waals surface area contributed by atoms with Crippen molar-refractivity contribution < 1.29 is 0 Å². The molecule has 0 saturated carbocycles. The number of hydrogen-bond donors (Lipinski definition) is 3. The van der Waals surface area contributed by atoms with Gasteiger partial charge >= 0.3 is 0 Å². The van der Waals surface area contributed by atoms with Crippen molar-refractivity contribution >= 4 is 34.4 Å². The van der Waals surface area contributed by atoms with Gasteiger partial charge < -0.3 is 4.98 Å². The maximum absolute atomic E-state index is 12.4. The van der Waals surface area contributed by atoms with Gasteiger partial charge in [0.25, 0.3) is 5.56 Å². The Labute approximate surface area is 140 Å². The van der Waals surface area contributed by atoms with Gasteiger partial charge in [0, 0.05) is 22.2 Å². The first-order valence-electron chi connectivity index (χ1n) is 7.50. The Kier molecular flexibility index (Phi) is 3.24. The fraction of sp³-hybridized carbons (Fsp3) is 0.118. The second-order valence-electron chi connectivity index (χ2n) is 5.52. The molecule has 0 radical (unpaired) electrons. The number of nitrogens with zero attached hydrogens (tertiary/aromatic N) is 2. The van der Waals surface area contributed by atoms with Gasteiger partial charge in [-0.25, -0.2) is 4.68 Å². The molecule has 24 heavy (non-hydrogen) atoms. The van der Waals surface area contributed by atoms with Crippen molar-refractivity contribution in [2.45, 2.75) is 13.8 Å². The van der Waals surface area contributed by atoms with E-state index in [0.29, 0.717) is 5.13 Å². The summed E-state index contributed by atoms with van der Waals surface area (Å²) in [5.41, 5.74) is 2.60. The minimum Gasteiger partial charge on any atom is -0.358 e. The van der Waals surface area contributed by atoms with Gasteiger partial charge in [-0.05, 0) is 26.0 Å². The lowest BCUT2D eigenvalue weighted by atomic mass is 10.1. The molecule has 0 spiro atoms. The molecular weight excluding hydrogens is 322 g/mol. The summed E-state index contributed by atoms with van der Waals surface area (Å²) < 4.78 is 2.40. The molecule has 0 bridgehead atoms. The number of rotatable bonds is 1. The van der Waals surface area contributed by atoms with Crippen molar-refractivity contribution in [3.05, 3.63) is 61.2 Å².